The Labute approximate surface area is 59.8 Å². The molecular formula is C7H9N2O. The van der Waals surface area contributed by atoms with Crippen molar-refractivity contribution in [2.75, 3.05) is 12.8 Å². The molecule has 1 radical (unpaired) electrons. The van der Waals surface area contributed by atoms with E-state index in [0.29, 0.717) is 12.4 Å². The van der Waals surface area contributed by atoms with Gasteiger partial charge in [0.1, 0.15) is 5.82 Å². The van der Waals surface area contributed by atoms with Gasteiger partial charge in [0.15, 0.2) is 0 Å². The average molecular weight is 137 g/mol. The Morgan fingerprint density at radius 2 is 2.60 bits per heavy atom. The minimum Gasteiger partial charge on any atom is -0.383 e. The van der Waals surface area contributed by atoms with Crippen molar-refractivity contribution in [2.45, 2.75) is 6.61 Å². The maximum atomic E-state index is 5.50. The van der Waals surface area contributed by atoms with Crippen molar-refractivity contribution in [3.05, 3.63) is 23.9 Å². The Kier molecular flexibility index (Phi) is 2.23. The lowest BCUT2D eigenvalue weighted by Crippen LogP contribution is -1.97. The Hall–Kier alpha value is -1.09. The molecule has 2 N–H and O–H groups in total. The van der Waals surface area contributed by atoms with Gasteiger partial charge in [0.05, 0.1) is 6.61 Å². The SMILES string of the molecule is COCc1c[c]cnc1N. The molecule has 1 heterocycles. The Morgan fingerprint density at radius 3 is 3.20 bits per heavy atom. The van der Waals surface area contributed by atoms with Gasteiger partial charge in [0.2, 0.25) is 0 Å². The summed E-state index contributed by atoms with van der Waals surface area (Å²) in [5, 5.41) is 0. The maximum absolute atomic E-state index is 5.50. The highest BCUT2D eigenvalue weighted by Crippen LogP contribution is 2.06. The van der Waals surface area contributed by atoms with Crippen LogP contribution >= 0.6 is 0 Å². The molecule has 0 bridgehead atoms. The van der Waals surface area contributed by atoms with Crippen LogP contribution in [0.5, 0.6) is 0 Å². The summed E-state index contributed by atoms with van der Waals surface area (Å²) in [7, 11) is 1.62. The molecule has 10 heavy (non-hydrogen) atoms. The van der Waals surface area contributed by atoms with E-state index in [0.717, 1.165) is 5.56 Å². The van der Waals surface area contributed by atoms with Gasteiger partial charge in [-0.2, -0.15) is 0 Å². The van der Waals surface area contributed by atoms with Crippen LogP contribution in [0.25, 0.3) is 0 Å². The fraction of sp³-hybridized carbons (Fsp3) is 0.286. The molecule has 1 aromatic rings. The molecule has 1 aromatic heterocycles. The predicted molar refractivity (Wildman–Crippen MR) is 38.2 cm³/mol. The quantitative estimate of drug-likeness (QED) is 0.649. The van der Waals surface area contributed by atoms with Crippen LogP contribution in [0.3, 0.4) is 0 Å². The number of nitrogen functional groups attached to an aromatic ring is 1. The fourth-order valence-corrected chi connectivity index (χ4v) is 0.673. The van der Waals surface area contributed by atoms with Crippen LogP contribution in [-0.4, -0.2) is 12.1 Å². The predicted octanol–water partition coefficient (Wildman–Crippen LogP) is 0.610. The minimum atomic E-state index is 0.496. The van der Waals surface area contributed by atoms with Gasteiger partial charge in [-0.1, -0.05) is 0 Å². The first-order chi connectivity index (χ1) is 4.84. The second kappa shape index (κ2) is 3.17. The normalized spacial score (nSPS) is 9.70. The summed E-state index contributed by atoms with van der Waals surface area (Å²) in [4.78, 5) is 3.84. The highest BCUT2D eigenvalue weighted by atomic mass is 16.5. The molecule has 0 aliphatic carbocycles. The van der Waals surface area contributed by atoms with Gasteiger partial charge in [0, 0.05) is 24.9 Å². The zero-order valence-corrected chi connectivity index (χ0v) is 5.79. The number of pyridine rings is 1. The van der Waals surface area contributed by atoms with E-state index in [1.54, 1.807) is 13.2 Å². The largest absolute Gasteiger partial charge is 0.383 e. The number of aromatic nitrogens is 1. The topological polar surface area (TPSA) is 48.1 Å². The van der Waals surface area contributed by atoms with E-state index in [9.17, 15) is 0 Å². The highest BCUT2D eigenvalue weighted by Gasteiger charge is 1.95. The summed E-state index contributed by atoms with van der Waals surface area (Å²) in [5.41, 5.74) is 6.38. The van der Waals surface area contributed by atoms with Crippen LogP contribution in [-0.2, 0) is 11.3 Å². The molecule has 0 fully saturated rings. The third-order valence-corrected chi connectivity index (χ3v) is 1.16. The number of hydrogen-bond acceptors (Lipinski definition) is 3. The highest BCUT2D eigenvalue weighted by molar-refractivity contribution is 5.37. The number of nitrogens with two attached hydrogens (primary N) is 1. The van der Waals surface area contributed by atoms with E-state index in [1.807, 2.05) is 0 Å². The van der Waals surface area contributed by atoms with Crippen molar-refractivity contribution < 1.29 is 4.74 Å². The fourth-order valence-electron chi connectivity index (χ4n) is 0.673. The number of rotatable bonds is 2. The summed E-state index contributed by atoms with van der Waals surface area (Å²) in [6.45, 7) is 0.496. The number of nitrogens with zero attached hydrogens (tertiary/aromatic N) is 1. The van der Waals surface area contributed by atoms with Gasteiger partial charge in [-0.3, -0.25) is 0 Å². The molecule has 0 aromatic carbocycles. The first-order valence-corrected chi connectivity index (χ1v) is 2.94. The van der Waals surface area contributed by atoms with Crippen LogP contribution in [0.1, 0.15) is 5.56 Å². The van der Waals surface area contributed by atoms with Crippen LogP contribution in [0.15, 0.2) is 12.3 Å². The lowest BCUT2D eigenvalue weighted by molar-refractivity contribution is 0.185. The van der Waals surface area contributed by atoms with Gasteiger partial charge < -0.3 is 10.5 Å². The maximum Gasteiger partial charge on any atom is 0.128 e. The number of hydrogen-bond donors (Lipinski definition) is 1. The minimum absolute atomic E-state index is 0.496. The van der Waals surface area contributed by atoms with Gasteiger partial charge in [-0.05, 0) is 6.07 Å². The molecule has 1 rings (SSSR count). The second-order valence-corrected chi connectivity index (χ2v) is 1.91. The monoisotopic (exact) mass is 137 g/mol. The van der Waals surface area contributed by atoms with E-state index in [2.05, 4.69) is 11.1 Å². The molecule has 0 atom stereocenters. The van der Waals surface area contributed by atoms with Crippen molar-refractivity contribution in [3.8, 4) is 0 Å². The third kappa shape index (κ3) is 1.45. The Morgan fingerprint density at radius 1 is 1.80 bits per heavy atom. The van der Waals surface area contributed by atoms with E-state index in [-0.39, 0.29) is 0 Å². The Balaban J connectivity index is 2.81. The number of ether oxygens (including phenoxy) is 1. The standard InChI is InChI=1S/C7H9N2O/c1-10-5-6-3-2-4-9-7(6)8/h3-4H,5H2,1H3,(H2,8,9). The molecular weight excluding hydrogens is 128 g/mol. The molecule has 3 nitrogen and oxygen atoms in total. The molecule has 0 spiro atoms. The third-order valence-electron chi connectivity index (χ3n) is 1.16. The van der Waals surface area contributed by atoms with Gasteiger partial charge in [-0.25, -0.2) is 4.98 Å². The molecule has 0 aliphatic heterocycles. The first-order valence-electron chi connectivity index (χ1n) is 2.94. The zero-order valence-electron chi connectivity index (χ0n) is 5.79. The first kappa shape index (κ1) is 7.02. The van der Waals surface area contributed by atoms with Crippen molar-refractivity contribution in [3.63, 3.8) is 0 Å². The second-order valence-electron chi connectivity index (χ2n) is 1.91. The van der Waals surface area contributed by atoms with E-state index in [1.165, 1.54) is 6.20 Å². The van der Waals surface area contributed by atoms with E-state index in [4.69, 9.17) is 10.5 Å². The lowest BCUT2D eigenvalue weighted by Gasteiger charge is -2.00. The molecule has 0 aliphatic rings. The van der Waals surface area contributed by atoms with Gasteiger partial charge >= 0.3 is 0 Å². The summed E-state index contributed by atoms with van der Waals surface area (Å²) >= 11 is 0. The van der Waals surface area contributed by atoms with Gasteiger partial charge in [0.25, 0.3) is 0 Å². The average Bonchev–Trinajstić information content (AvgIpc) is 1.94. The molecule has 53 valence electrons. The summed E-state index contributed by atoms with van der Waals surface area (Å²) < 4.78 is 4.87. The molecule has 0 saturated carbocycles. The summed E-state index contributed by atoms with van der Waals surface area (Å²) in [5.74, 6) is 0.514. The zero-order chi connectivity index (χ0) is 7.40. The van der Waals surface area contributed by atoms with Crippen molar-refractivity contribution in [1.82, 2.24) is 4.98 Å². The van der Waals surface area contributed by atoms with Gasteiger partial charge in [-0.15, -0.1) is 0 Å². The number of methoxy groups -OCH3 is 1. The number of anilines is 1. The van der Waals surface area contributed by atoms with E-state index < -0.39 is 0 Å². The lowest BCUT2D eigenvalue weighted by atomic mass is 10.3. The van der Waals surface area contributed by atoms with Crippen LogP contribution < -0.4 is 5.73 Å². The summed E-state index contributed by atoms with van der Waals surface area (Å²) in [6, 6.07) is 4.59. The van der Waals surface area contributed by atoms with Crippen LogP contribution in [0, 0.1) is 6.07 Å². The van der Waals surface area contributed by atoms with Crippen LogP contribution in [0.4, 0.5) is 5.82 Å². The van der Waals surface area contributed by atoms with Crippen LogP contribution in [0.2, 0.25) is 0 Å². The molecule has 0 amide bonds. The Bertz CT molecular complexity index is 213. The summed E-state index contributed by atoms with van der Waals surface area (Å²) in [6.07, 6.45) is 1.54. The van der Waals surface area contributed by atoms with E-state index >= 15 is 0 Å². The van der Waals surface area contributed by atoms with Crippen molar-refractivity contribution in [1.29, 1.82) is 0 Å². The molecule has 0 saturated heterocycles. The molecule has 0 unspecified atom stereocenters. The van der Waals surface area contributed by atoms with Crippen molar-refractivity contribution >= 4 is 5.82 Å². The van der Waals surface area contributed by atoms with Crippen molar-refractivity contribution in [2.24, 2.45) is 0 Å². The smallest absolute Gasteiger partial charge is 0.128 e. The molecule has 3 heteroatoms.